The van der Waals surface area contributed by atoms with Gasteiger partial charge in [0.05, 0.1) is 17.4 Å². The van der Waals surface area contributed by atoms with Gasteiger partial charge >= 0.3 is 0 Å². The van der Waals surface area contributed by atoms with Crippen LogP contribution in [0.15, 0.2) is 0 Å². The molecule has 3 atom stereocenters. The first-order valence-electron chi connectivity index (χ1n) is 11.0. The number of amides is 1. The van der Waals surface area contributed by atoms with E-state index in [4.69, 9.17) is 10.1 Å². The molecular formula is C22H41N3O3. The molecule has 0 aromatic rings. The fraction of sp³-hybridized carbons (Fsp3) is 0.909. The maximum Gasteiger partial charge on any atom is 0.229 e. The van der Waals surface area contributed by atoms with Crippen LogP contribution in [0.3, 0.4) is 0 Å². The minimum atomic E-state index is -0.566. The van der Waals surface area contributed by atoms with Crippen LogP contribution in [0.1, 0.15) is 65.7 Å². The molecule has 0 aromatic carbocycles. The number of nitrogens with zero attached hydrogens (tertiary/aromatic N) is 2. The molecule has 0 spiro atoms. The summed E-state index contributed by atoms with van der Waals surface area (Å²) in [6.45, 7) is 8.95. The number of hydrogen-bond acceptors (Lipinski definition) is 5. The summed E-state index contributed by atoms with van der Waals surface area (Å²) >= 11 is 0. The molecular weight excluding hydrogens is 354 g/mol. The molecule has 1 saturated heterocycles. The van der Waals surface area contributed by atoms with Crippen molar-refractivity contribution in [2.45, 2.75) is 71.8 Å². The fourth-order valence-corrected chi connectivity index (χ4v) is 5.39. The Hall–Kier alpha value is -1.14. The lowest BCUT2D eigenvalue weighted by Gasteiger charge is -2.59. The van der Waals surface area contributed by atoms with E-state index in [0.29, 0.717) is 18.9 Å². The van der Waals surface area contributed by atoms with Crippen LogP contribution in [0.5, 0.6) is 0 Å². The van der Waals surface area contributed by atoms with E-state index in [1.54, 1.807) is 19.0 Å². The molecule has 28 heavy (non-hydrogen) atoms. The number of carbonyl (C=O) groups is 1. The molecule has 2 N–H and O–H groups in total. The highest BCUT2D eigenvalue weighted by Gasteiger charge is 2.65. The highest BCUT2D eigenvalue weighted by molar-refractivity contribution is 5.94. The summed E-state index contributed by atoms with van der Waals surface area (Å²) in [6, 6.07) is 0. The van der Waals surface area contributed by atoms with Gasteiger partial charge in [-0.3, -0.25) is 15.1 Å². The standard InChI is InChI=1S/C22H41N3O3/c1-6-21(20(27)24(4)5)10-11-22(21,14-17(2)3)19(23)28-18(16-26)15-25-12-8-7-9-13-25/h17-18,23,26H,6-16H2,1-5H3. The molecule has 3 unspecified atom stereocenters. The Labute approximate surface area is 171 Å². The van der Waals surface area contributed by atoms with Crippen molar-refractivity contribution in [1.82, 2.24) is 9.80 Å². The zero-order valence-corrected chi connectivity index (χ0v) is 18.6. The number of carbonyl (C=O) groups excluding carboxylic acids is 1. The third-order valence-corrected chi connectivity index (χ3v) is 6.90. The Kier molecular flexibility index (Phi) is 7.91. The lowest BCUT2D eigenvalue weighted by Crippen LogP contribution is -2.63. The van der Waals surface area contributed by atoms with E-state index in [1.165, 1.54) is 19.3 Å². The quantitative estimate of drug-likeness (QED) is 0.464. The predicted octanol–water partition coefficient (Wildman–Crippen LogP) is 3.14. The zero-order valence-electron chi connectivity index (χ0n) is 18.6. The van der Waals surface area contributed by atoms with Gasteiger partial charge in [0.2, 0.25) is 5.91 Å². The number of ether oxygens (including phenoxy) is 1. The molecule has 6 heteroatoms. The monoisotopic (exact) mass is 395 g/mol. The molecule has 0 bridgehead atoms. The van der Waals surface area contributed by atoms with Crippen LogP contribution in [-0.4, -0.2) is 73.2 Å². The van der Waals surface area contributed by atoms with Crippen molar-refractivity contribution in [3.8, 4) is 0 Å². The third-order valence-electron chi connectivity index (χ3n) is 6.90. The number of aliphatic hydroxyl groups excluding tert-OH is 1. The molecule has 1 saturated carbocycles. The summed E-state index contributed by atoms with van der Waals surface area (Å²) in [5, 5.41) is 18.8. The average molecular weight is 396 g/mol. The van der Waals surface area contributed by atoms with E-state index in [1.807, 2.05) is 0 Å². The fourth-order valence-electron chi connectivity index (χ4n) is 5.39. The normalized spacial score (nSPS) is 29.2. The molecule has 6 nitrogen and oxygen atoms in total. The van der Waals surface area contributed by atoms with E-state index in [2.05, 4.69) is 25.7 Å². The molecule has 0 aromatic heterocycles. The maximum absolute atomic E-state index is 13.2. The molecule has 1 heterocycles. The van der Waals surface area contributed by atoms with Crippen LogP contribution < -0.4 is 0 Å². The molecule has 2 fully saturated rings. The number of piperidine rings is 1. The third kappa shape index (κ3) is 4.38. The van der Waals surface area contributed by atoms with Gasteiger partial charge in [0.25, 0.3) is 0 Å². The Morgan fingerprint density at radius 1 is 1.18 bits per heavy atom. The topological polar surface area (TPSA) is 76.9 Å². The van der Waals surface area contributed by atoms with Crippen LogP contribution in [0, 0.1) is 22.2 Å². The van der Waals surface area contributed by atoms with Crippen LogP contribution in [0.25, 0.3) is 0 Å². The number of aliphatic hydroxyl groups is 1. The predicted molar refractivity (Wildman–Crippen MR) is 113 cm³/mol. The molecule has 162 valence electrons. The van der Waals surface area contributed by atoms with Gasteiger partial charge in [-0.25, -0.2) is 0 Å². The molecule has 2 rings (SSSR count). The van der Waals surface area contributed by atoms with Gasteiger partial charge < -0.3 is 14.7 Å². The molecule has 2 aliphatic rings. The summed E-state index contributed by atoms with van der Waals surface area (Å²) in [5.41, 5.74) is -1.13. The Morgan fingerprint density at radius 3 is 2.21 bits per heavy atom. The van der Waals surface area contributed by atoms with Crippen molar-refractivity contribution >= 4 is 11.8 Å². The molecule has 1 aliphatic carbocycles. The van der Waals surface area contributed by atoms with E-state index < -0.39 is 16.9 Å². The van der Waals surface area contributed by atoms with Crippen LogP contribution in [-0.2, 0) is 9.53 Å². The average Bonchev–Trinajstić information content (AvgIpc) is 2.65. The Balaban J connectivity index is 2.21. The van der Waals surface area contributed by atoms with Gasteiger partial charge in [0, 0.05) is 20.6 Å². The van der Waals surface area contributed by atoms with Gasteiger partial charge in [0.15, 0.2) is 5.90 Å². The van der Waals surface area contributed by atoms with Crippen LogP contribution in [0.2, 0.25) is 0 Å². The van der Waals surface area contributed by atoms with Crippen LogP contribution in [0.4, 0.5) is 0 Å². The van der Waals surface area contributed by atoms with Gasteiger partial charge in [-0.05, 0) is 57.5 Å². The molecule has 1 amide bonds. The summed E-state index contributed by atoms with van der Waals surface area (Å²) in [4.78, 5) is 17.2. The first-order valence-corrected chi connectivity index (χ1v) is 11.0. The van der Waals surface area contributed by atoms with Crippen molar-refractivity contribution in [1.29, 1.82) is 5.41 Å². The second-order valence-corrected chi connectivity index (χ2v) is 9.43. The van der Waals surface area contributed by atoms with Crippen molar-refractivity contribution in [3.63, 3.8) is 0 Å². The number of nitrogens with one attached hydrogen (secondary N) is 1. The van der Waals surface area contributed by atoms with E-state index in [-0.39, 0.29) is 18.4 Å². The van der Waals surface area contributed by atoms with Gasteiger partial charge in [0.1, 0.15) is 6.10 Å². The summed E-state index contributed by atoms with van der Waals surface area (Å²) in [7, 11) is 3.60. The number of rotatable bonds is 9. The minimum Gasteiger partial charge on any atom is -0.474 e. The Bertz CT molecular complexity index is 541. The summed E-state index contributed by atoms with van der Waals surface area (Å²) in [5.74, 6) is 0.673. The lowest BCUT2D eigenvalue weighted by molar-refractivity contribution is -0.162. The van der Waals surface area contributed by atoms with Gasteiger partial charge in [-0.15, -0.1) is 0 Å². The van der Waals surface area contributed by atoms with E-state index >= 15 is 0 Å². The second-order valence-electron chi connectivity index (χ2n) is 9.43. The number of likely N-dealkylation sites (tertiary alicyclic amines) is 1. The van der Waals surface area contributed by atoms with E-state index in [0.717, 1.165) is 32.4 Å². The number of hydrogen-bond donors (Lipinski definition) is 2. The second kappa shape index (κ2) is 9.57. The van der Waals surface area contributed by atoms with Crippen molar-refractivity contribution in [2.24, 2.45) is 16.7 Å². The largest absolute Gasteiger partial charge is 0.474 e. The first-order chi connectivity index (χ1) is 13.2. The first kappa shape index (κ1) is 23.1. The SMILES string of the molecule is CCC1(C(=O)N(C)C)CCC1(CC(C)C)C(=N)OC(CO)CN1CCCCC1. The van der Waals surface area contributed by atoms with Crippen molar-refractivity contribution in [3.05, 3.63) is 0 Å². The highest BCUT2D eigenvalue weighted by atomic mass is 16.5. The molecule has 1 aliphatic heterocycles. The lowest BCUT2D eigenvalue weighted by atomic mass is 9.45. The summed E-state index contributed by atoms with van der Waals surface area (Å²) < 4.78 is 6.12. The zero-order chi connectivity index (χ0) is 20.9. The van der Waals surface area contributed by atoms with Crippen LogP contribution >= 0.6 is 0 Å². The van der Waals surface area contributed by atoms with Crippen molar-refractivity contribution in [2.75, 3.05) is 40.3 Å². The van der Waals surface area contributed by atoms with Gasteiger partial charge in [-0.1, -0.05) is 27.2 Å². The maximum atomic E-state index is 13.2. The minimum absolute atomic E-state index is 0.0998. The highest BCUT2D eigenvalue weighted by Crippen LogP contribution is 2.63. The Morgan fingerprint density at radius 2 is 1.79 bits per heavy atom. The van der Waals surface area contributed by atoms with Crippen molar-refractivity contribution < 1.29 is 14.6 Å². The smallest absolute Gasteiger partial charge is 0.229 e. The summed E-state index contributed by atoms with van der Waals surface area (Å²) in [6.07, 6.45) is 6.31. The van der Waals surface area contributed by atoms with Gasteiger partial charge in [-0.2, -0.15) is 0 Å². The van der Waals surface area contributed by atoms with E-state index in [9.17, 15) is 9.90 Å². The molecule has 0 radical (unpaired) electrons.